The third kappa shape index (κ3) is 8.68. The molecule has 9 atom stereocenters. The molecule has 5 aliphatic rings. The average Bonchev–Trinajstić information content (AvgIpc) is 4.14. The lowest BCUT2D eigenvalue weighted by Crippen LogP contribution is -2.51. The number of hydrogen-bond acceptors (Lipinski definition) is 8. The monoisotopic (exact) mass is 911 g/mol. The predicted molar refractivity (Wildman–Crippen MR) is 258 cm³/mol. The van der Waals surface area contributed by atoms with Crippen molar-refractivity contribution < 1.29 is 28.7 Å². The van der Waals surface area contributed by atoms with E-state index >= 15 is 0 Å². The van der Waals surface area contributed by atoms with Crippen molar-refractivity contribution in [3.8, 4) is 33.5 Å². The fourth-order valence-corrected chi connectivity index (χ4v) is 11.8. The van der Waals surface area contributed by atoms with Crippen molar-refractivity contribution in [2.45, 2.75) is 117 Å². The van der Waals surface area contributed by atoms with E-state index in [9.17, 15) is 19.2 Å². The number of benzene rings is 3. The zero-order valence-electron chi connectivity index (χ0n) is 40.3. The van der Waals surface area contributed by atoms with Crippen LogP contribution in [0.3, 0.4) is 0 Å². The molecular formula is C53H66N8O6. The Morgan fingerprint density at radius 1 is 0.672 bits per heavy atom. The molecule has 14 heteroatoms. The molecule has 4 heterocycles. The van der Waals surface area contributed by atoms with Gasteiger partial charge in [0.25, 0.3) is 0 Å². The molecule has 10 rings (SSSR count). The van der Waals surface area contributed by atoms with E-state index in [1.165, 1.54) is 61.3 Å². The van der Waals surface area contributed by atoms with Crippen LogP contribution in [0.1, 0.15) is 127 Å². The summed E-state index contributed by atoms with van der Waals surface area (Å²) < 4.78 is 9.68. The van der Waals surface area contributed by atoms with Crippen molar-refractivity contribution in [2.75, 3.05) is 27.3 Å². The first kappa shape index (κ1) is 46.0. The first-order valence-electron chi connectivity index (χ1n) is 24.3. The number of nitrogens with zero attached hydrogens (tertiary/aromatic N) is 4. The predicted octanol–water partition coefficient (Wildman–Crippen LogP) is 9.87. The Morgan fingerprint density at radius 2 is 1.22 bits per heavy atom. The molecule has 2 bridgehead atoms. The van der Waals surface area contributed by atoms with Gasteiger partial charge in [-0.3, -0.25) is 9.59 Å². The van der Waals surface area contributed by atoms with Crippen LogP contribution >= 0.6 is 0 Å². The Hall–Kier alpha value is -6.18. The van der Waals surface area contributed by atoms with Gasteiger partial charge >= 0.3 is 12.2 Å². The molecule has 1 saturated carbocycles. The van der Waals surface area contributed by atoms with Gasteiger partial charge in [0.1, 0.15) is 23.7 Å². The number of likely N-dealkylation sites (tertiary alicyclic amines) is 2. The second kappa shape index (κ2) is 18.5. The van der Waals surface area contributed by atoms with Gasteiger partial charge in [-0.15, -0.1) is 0 Å². The minimum absolute atomic E-state index is 0.114. The quantitative estimate of drug-likeness (QED) is 0.101. The van der Waals surface area contributed by atoms with Crippen LogP contribution in [-0.2, 0) is 19.1 Å². The summed E-state index contributed by atoms with van der Waals surface area (Å²) in [5, 5.41) is 5.51. The minimum Gasteiger partial charge on any atom is -0.453 e. The maximum absolute atomic E-state index is 14.0. The zero-order valence-corrected chi connectivity index (χ0v) is 40.3. The maximum Gasteiger partial charge on any atom is 0.407 e. The molecule has 2 aliphatic heterocycles. The van der Waals surface area contributed by atoms with Crippen molar-refractivity contribution in [1.29, 1.82) is 0 Å². The van der Waals surface area contributed by atoms with Gasteiger partial charge in [0.15, 0.2) is 0 Å². The number of alkyl carbamates (subject to hydrolysis) is 2. The van der Waals surface area contributed by atoms with Crippen molar-refractivity contribution in [3.63, 3.8) is 0 Å². The fraction of sp³-hybridized carbons (Fsp3) is 0.509. The van der Waals surface area contributed by atoms with E-state index in [-0.39, 0.29) is 47.6 Å². The summed E-state index contributed by atoms with van der Waals surface area (Å²) in [6.45, 7) is 15.6. The van der Waals surface area contributed by atoms with Crippen molar-refractivity contribution >= 4 is 35.0 Å². The Labute approximate surface area is 393 Å². The Bertz CT molecular complexity index is 2670. The summed E-state index contributed by atoms with van der Waals surface area (Å²) in [5.41, 5.74) is 11.6. The van der Waals surface area contributed by atoms with Crippen LogP contribution in [-0.4, -0.2) is 93.1 Å². The van der Waals surface area contributed by atoms with Gasteiger partial charge in [-0.05, 0) is 125 Å². The molecule has 2 aromatic heterocycles. The molecule has 4 unspecified atom stereocenters. The number of aromatic nitrogens is 4. The first-order chi connectivity index (χ1) is 32.1. The van der Waals surface area contributed by atoms with E-state index in [4.69, 9.17) is 19.4 Å². The Kier molecular flexibility index (Phi) is 12.7. The second-order valence-corrected chi connectivity index (χ2v) is 20.6. The van der Waals surface area contributed by atoms with Crippen LogP contribution < -0.4 is 10.6 Å². The van der Waals surface area contributed by atoms with Gasteiger partial charge in [-0.1, -0.05) is 90.9 Å². The highest BCUT2D eigenvalue weighted by Crippen LogP contribution is 2.57. The molecule has 0 spiro atoms. The van der Waals surface area contributed by atoms with Gasteiger partial charge in [-0.25, -0.2) is 19.6 Å². The number of H-pyrrole nitrogens is 2. The highest BCUT2D eigenvalue weighted by atomic mass is 16.5. The number of ether oxygens (including phenoxy) is 2. The summed E-state index contributed by atoms with van der Waals surface area (Å²) in [4.78, 5) is 73.0. The van der Waals surface area contributed by atoms with Crippen LogP contribution in [0.4, 0.5) is 9.59 Å². The number of rotatable bonds is 11. The van der Waals surface area contributed by atoms with Crippen LogP contribution in [0.2, 0.25) is 0 Å². The van der Waals surface area contributed by atoms with Crippen molar-refractivity contribution in [1.82, 2.24) is 40.4 Å². The van der Waals surface area contributed by atoms with E-state index in [0.29, 0.717) is 30.8 Å². The van der Waals surface area contributed by atoms with Gasteiger partial charge in [0.2, 0.25) is 11.8 Å². The molecule has 67 heavy (non-hydrogen) atoms. The molecular weight excluding hydrogens is 845 g/mol. The smallest absolute Gasteiger partial charge is 0.407 e. The molecule has 3 aromatic carbocycles. The van der Waals surface area contributed by atoms with E-state index in [0.717, 1.165) is 52.3 Å². The second-order valence-electron chi connectivity index (χ2n) is 20.6. The Balaban J connectivity index is 0.986. The lowest BCUT2D eigenvalue weighted by atomic mass is 9.59. The molecule has 354 valence electrons. The number of hydrogen-bond donors (Lipinski definition) is 4. The molecule has 4 N–H and O–H groups in total. The number of fused-ring (bicyclic) bond motifs is 3. The van der Waals surface area contributed by atoms with Crippen LogP contribution in [0.5, 0.6) is 0 Å². The van der Waals surface area contributed by atoms with E-state index in [1.807, 2.05) is 43.7 Å². The van der Waals surface area contributed by atoms with Crippen molar-refractivity contribution in [2.24, 2.45) is 29.6 Å². The molecule has 14 nitrogen and oxygen atoms in total. The van der Waals surface area contributed by atoms with Gasteiger partial charge in [0, 0.05) is 13.1 Å². The van der Waals surface area contributed by atoms with E-state index in [1.54, 1.807) is 0 Å². The first-order valence-corrected chi connectivity index (χ1v) is 24.3. The topological polar surface area (TPSA) is 175 Å². The highest BCUT2D eigenvalue weighted by Gasteiger charge is 2.43. The summed E-state index contributed by atoms with van der Waals surface area (Å²) >= 11 is 0. The van der Waals surface area contributed by atoms with Crippen LogP contribution in [0.15, 0.2) is 60.8 Å². The number of methoxy groups -OCH3 is 2. The standard InChI is InChI=1S/C53H66N8O6/c1-27(2)46(58-52(64)66-8)50(62)60-25-29(5)20-42(60)48-54-24-41(57-48)33-12-10-32(11-13-33)37-17-18-38(44-35-14-16-36(45(37)44)31(7)22-35)34-15-19-39-40(23-34)56-49(55-39)43-21-30(6)26-61(43)51(63)47(28(3)4)59-53(65)67-9/h10-13,15,17-19,23-24,27-31,35-36,42-43,46-47H,14,16,20-22,25-26H2,1-9H3,(H,54,57)(H,55,56)(H,58,64)(H,59,65)/t29-,30-,31?,35?,36?,42-,43-,46-,47?/m0/s1. The normalized spacial score (nSPS) is 24.3. The molecule has 3 fully saturated rings. The number of carbonyl (C=O) groups is 4. The van der Waals surface area contributed by atoms with E-state index < -0.39 is 24.3 Å². The summed E-state index contributed by atoms with van der Waals surface area (Å²) in [5.74, 6) is 3.12. The van der Waals surface area contributed by atoms with Crippen molar-refractivity contribution in [3.05, 3.63) is 83.6 Å². The van der Waals surface area contributed by atoms with Crippen LogP contribution in [0, 0.1) is 29.6 Å². The highest BCUT2D eigenvalue weighted by molar-refractivity contribution is 5.89. The van der Waals surface area contributed by atoms with Gasteiger partial charge in [-0.2, -0.15) is 0 Å². The summed E-state index contributed by atoms with van der Waals surface area (Å²) in [6.07, 6.45) is 5.73. The van der Waals surface area contributed by atoms with E-state index in [2.05, 4.69) is 96.0 Å². The maximum atomic E-state index is 14.0. The van der Waals surface area contributed by atoms with Crippen LogP contribution in [0.25, 0.3) is 44.5 Å². The average molecular weight is 911 g/mol. The number of aromatic amines is 2. The van der Waals surface area contributed by atoms with Gasteiger partial charge in [0.05, 0.1) is 49.2 Å². The lowest BCUT2D eigenvalue weighted by Gasteiger charge is -2.45. The summed E-state index contributed by atoms with van der Waals surface area (Å²) in [6, 6.07) is 18.1. The third-order valence-corrected chi connectivity index (χ3v) is 15.1. The number of amides is 4. The third-order valence-electron chi connectivity index (χ3n) is 15.1. The summed E-state index contributed by atoms with van der Waals surface area (Å²) in [7, 11) is 2.62. The number of nitrogens with one attached hydrogen (secondary N) is 4. The minimum atomic E-state index is -0.702. The molecule has 5 aromatic rings. The fourth-order valence-electron chi connectivity index (χ4n) is 11.8. The zero-order chi connectivity index (χ0) is 47.4. The molecule has 2 saturated heterocycles. The molecule has 0 radical (unpaired) electrons. The van der Waals surface area contributed by atoms with Gasteiger partial charge < -0.3 is 39.9 Å². The molecule has 3 aliphatic carbocycles. The SMILES string of the molecule is COC(=O)NC(C(=O)N1C[C@@H](C)C[C@H]1c1nc2ccc(-c3ccc(-c4ccc(-c5cnc([C@@H]6C[C@H](C)CN6C(=O)[C@@H](NC(=O)OC)C(C)C)[nH]5)cc4)c4c3C3CCC4C(C)C3)cc2[nH]1)C(C)C. The lowest BCUT2D eigenvalue weighted by molar-refractivity contribution is -0.136. The largest absolute Gasteiger partial charge is 0.453 e. The number of carbonyl (C=O) groups excluding carboxylic acids is 4. The number of imidazole rings is 2. The molecule has 4 amide bonds. The Morgan fingerprint density at radius 3 is 1.79 bits per heavy atom.